The lowest BCUT2D eigenvalue weighted by Gasteiger charge is -2.38. The zero-order chi connectivity index (χ0) is 13.9. The second kappa shape index (κ2) is 6.23. The van der Waals surface area contributed by atoms with Crippen molar-refractivity contribution in [2.75, 3.05) is 46.8 Å². The number of rotatable bonds is 3. The lowest BCUT2D eigenvalue weighted by Crippen LogP contribution is -2.50. The van der Waals surface area contributed by atoms with Crippen molar-refractivity contribution in [1.82, 2.24) is 15.1 Å². The van der Waals surface area contributed by atoms with Crippen molar-refractivity contribution in [3.05, 3.63) is 0 Å². The molecule has 4 nitrogen and oxygen atoms in total. The third kappa shape index (κ3) is 3.69. The van der Waals surface area contributed by atoms with E-state index < -0.39 is 0 Å². The summed E-state index contributed by atoms with van der Waals surface area (Å²) in [5, 5.41) is 3.37. The first-order chi connectivity index (χ1) is 9.01. The fourth-order valence-electron chi connectivity index (χ4n) is 3.41. The van der Waals surface area contributed by atoms with E-state index in [0.717, 1.165) is 32.5 Å². The molecular formula is C15H29N3O. The summed E-state index contributed by atoms with van der Waals surface area (Å²) in [5.74, 6) is 1.02. The van der Waals surface area contributed by atoms with Gasteiger partial charge in [-0.3, -0.25) is 4.79 Å². The van der Waals surface area contributed by atoms with E-state index in [2.05, 4.69) is 24.2 Å². The van der Waals surface area contributed by atoms with Gasteiger partial charge in [-0.2, -0.15) is 0 Å². The van der Waals surface area contributed by atoms with Crippen LogP contribution in [0.15, 0.2) is 0 Å². The van der Waals surface area contributed by atoms with E-state index >= 15 is 0 Å². The van der Waals surface area contributed by atoms with Gasteiger partial charge in [0.15, 0.2) is 0 Å². The summed E-state index contributed by atoms with van der Waals surface area (Å²) in [7, 11) is 4.17. The number of likely N-dealkylation sites (tertiary alicyclic amines) is 1. The Bertz CT molecular complexity index is 305. The Hall–Kier alpha value is -0.610. The number of carbonyl (C=O) groups excluding carboxylic acids is 1. The minimum Gasteiger partial charge on any atom is -0.345 e. The predicted molar refractivity (Wildman–Crippen MR) is 78.1 cm³/mol. The normalized spacial score (nSPS) is 30.3. The number of carbonyl (C=O) groups is 1. The standard InChI is InChI=1S/C15H29N3O/c1-15(7-4-8-16-12-15)14(19)18(3)11-13-5-9-17(2)10-6-13/h13,16H,4-12H2,1-3H3. The van der Waals surface area contributed by atoms with E-state index in [1.807, 2.05) is 11.9 Å². The van der Waals surface area contributed by atoms with Crippen LogP contribution in [0.1, 0.15) is 32.6 Å². The summed E-state index contributed by atoms with van der Waals surface area (Å²) in [4.78, 5) is 17.0. The van der Waals surface area contributed by atoms with Crippen molar-refractivity contribution in [3.63, 3.8) is 0 Å². The van der Waals surface area contributed by atoms with Gasteiger partial charge >= 0.3 is 0 Å². The topological polar surface area (TPSA) is 35.6 Å². The van der Waals surface area contributed by atoms with Crippen LogP contribution < -0.4 is 5.32 Å². The summed E-state index contributed by atoms with van der Waals surface area (Å²) < 4.78 is 0. The van der Waals surface area contributed by atoms with Crippen LogP contribution in [0.3, 0.4) is 0 Å². The van der Waals surface area contributed by atoms with Crippen molar-refractivity contribution < 1.29 is 4.79 Å². The maximum Gasteiger partial charge on any atom is 0.229 e. The maximum atomic E-state index is 12.6. The van der Waals surface area contributed by atoms with Crippen LogP contribution in [0.4, 0.5) is 0 Å². The molecule has 4 heteroatoms. The van der Waals surface area contributed by atoms with Crippen LogP contribution in [0.5, 0.6) is 0 Å². The van der Waals surface area contributed by atoms with Gasteiger partial charge < -0.3 is 15.1 Å². The molecule has 0 aliphatic carbocycles. The van der Waals surface area contributed by atoms with Crippen molar-refractivity contribution in [2.45, 2.75) is 32.6 Å². The molecule has 2 fully saturated rings. The predicted octanol–water partition coefficient (Wildman–Crippen LogP) is 1.18. The van der Waals surface area contributed by atoms with Crippen molar-refractivity contribution in [3.8, 4) is 0 Å². The Kier molecular flexibility index (Phi) is 4.85. The molecule has 0 spiro atoms. The number of nitrogens with zero attached hydrogens (tertiary/aromatic N) is 2. The molecule has 19 heavy (non-hydrogen) atoms. The molecule has 2 aliphatic heterocycles. The molecular weight excluding hydrogens is 238 g/mol. The molecule has 2 heterocycles. The SMILES string of the molecule is CN1CCC(CN(C)C(=O)C2(C)CCCNC2)CC1. The van der Waals surface area contributed by atoms with Crippen molar-refractivity contribution in [1.29, 1.82) is 0 Å². The molecule has 1 N–H and O–H groups in total. The molecule has 110 valence electrons. The van der Waals surface area contributed by atoms with E-state index in [0.29, 0.717) is 11.8 Å². The first kappa shape index (κ1) is 14.8. The summed E-state index contributed by atoms with van der Waals surface area (Å²) >= 11 is 0. The van der Waals surface area contributed by atoms with Crippen LogP contribution in [0.25, 0.3) is 0 Å². The average Bonchev–Trinajstić information content (AvgIpc) is 2.41. The molecule has 0 aromatic heterocycles. The van der Waals surface area contributed by atoms with Crippen LogP contribution in [-0.4, -0.2) is 62.5 Å². The van der Waals surface area contributed by atoms with E-state index in [9.17, 15) is 4.79 Å². The van der Waals surface area contributed by atoms with Gasteiger partial charge in [-0.15, -0.1) is 0 Å². The minimum atomic E-state index is -0.182. The molecule has 2 aliphatic rings. The maximum absolute atomic E-state index is 12.6. The van der Waals surface area contributed by atoms with Gasteiger partial charge in [-0.25, -0.2) is 0 Å². The number of hydrogen-bond donors (Lipinski definition) is 1. The number of nitrogens with one attached hydrogen (secondary N) is 1. The van der Waals surface area contributed by atoms with Crippen molar-refractivity contribution >= 4 is 5.91 Å². The van der Waals surface area contributed by atoms with Gasteiger partial charge in [0.1, 0.15) is 0 Å². The van der Waals surface area contributed by atoms with Crippen LogP contribution >= 0.6 is 0 Å². The highest BCUT2D eigenvalue weighted by Crippen LogP contribution is 2.28. The summed E-state index contributed by atoms with van der Waals surface area (Å²) in [5.41, 5.74) is -0.182. The first-order valence-electron chi connectivity index (χ1n) is 7.66. The van der Waals surface area contributed by atoms with Crippen molar-refractivity contribution in [2.24, 2.45) is 11.3 Å². The van der Waals surface area contributed by atoms with Gasteiger partial charge in [0.05, 0.1) is 5.41 Å². The third-order valence-corrected chi connectivity index (χ3v) is 4.83. The molecule has 1 amide bonds. The lowest BCUT2D eigenvalue weighted by molar-refractivity contribution is -0.141. The quantitative estimate of drug-likeness (QED) is 0.834. The van der Waals surface area contributed by atoms with E-state index in [-0.39, 0.29) is 5.41 Å². The van der Waals surface area contributed by atoms with Crippen LogP contribution in [0, 0.1) is 11.3 Å². The van der Waals surface area contributed by atoms with Gasteiger partial charge in [0.25, 0.3) is 0 Å². The Labute approximate surface area is 117 Å². The molecule has 0 aromatic rings. The molecule has 1 atom stereocenters. The Morgan fingerprint density at radius 1 is 1.42 bits per heavy atom. The van der Waals surface area contributed by atoms with Gasteiger partial charge in [0, 0.05) is 20.1 Å². The highest BCUT2D eigenvalue weighted by Gasteiger charge is 2.37. The van der Waals surface area contributed by atoms with E-state index in [1.165, 1.54) is 25.9 Å². The molecule has 2 saturated heterocycles. The number of piperidine rings is 2. The smallest absolute Gasteiger partial charge is 0.229 e. The zero-order valence-electron chi connectivity index (χ0n) is 12.7. The molecule has 0 aromatic carbocycles. The largest absolute Gasteiger partial charge is 0.345 e. The minimum absolute atomic E-state index is 0.182. The van der Waals surface area contributed by atoms with Gasteiger partial charge in [0.2, 0.25) is 5.91 Å². The Balaban J connectivity index is 1.85. The first-order valence-corrected chi connectivity index (χ1v) is 7.66. The van der Waals surface area contributed by atoms with E-state index in [1.54, 1.807) is 0 Å². The molecule has 0 radical (unpaired) electrons. The van der Waals surface area contributed by atoms with Crippen LogP contribution in [-0.2, 0) is 4.79 Å². The summed E-state index contributed by atoms with van der Waals surface area (Å²) in [6, 6.07) is 0. The summed E-state index contributed by atoms with van der Waals surface area (Å²) in [6.45, 7) is 7.29. The fourth-order valence-corrected chi connectivity index (χ4v) is 3.41. The van der Waals surface area contributed by atoms with E-state index in [4.69, 9.17) is 0 Å². The highest BCUT2D eigenvalue weighted by atomic mass is 16.2. The Morgan fingerprint density at radius 3 is 2.68 bits per heavy atom. The monoisotopic (exact) mass is 267 g/mol. The number of hydrogen-bond acceptors (Lipinski definition) is 3. The lowest BCUT2D eigenvalue weighted by atomic mass is 9.81. The zero-order valence-corrected chi connectivity index (χ0v) is 12.7. The Morgan fingerprint density at radius 2 is 2.11 bits per heavy atom. The van der Waals surface area contributed by atoms with Gasteiger partial charge in [-0.05, 0) is 65.2 Å². The molecule has 1 unspecified atom stereocenters. The third-order valence-electron chi connectivity index (χ3n) is 4.83. The summed E-state index contributed by atoms with van der Waals surface area (Å²) in [6.07, 6.45) is 4.59. The highest BCUT2D eigenvalue weighted by molar-refractivity contribution is 5.82. The fraction of sp³-hybridized carbons (Fsp3) is 0.933. The molecule has 0 bridgehead atoms. The van der Waals surface area contributed by atoms with Gasteiger partial charge in [-0.1, -0.05) is 0 Å². The number of amides is 1. The molecule has 0 saturated carbocycles. The van der Waals surface area contributed by atoms with Crippen LogP contribution in [0.2, 0.25) is 0 Å². The molecule has 2 rings (SSSR count). The average molecular weight is 267 g/mol. The second-order valence-electron chi connectivity index (χ2n) is 6.77. The second-order valence-corrected chi connectivity index (χ2v) is 6.77.